The van der Waals surface area contributed by atoms with E-state index >= 15 is 0 Å². The lowest BCUT2D eigenvalue weighted by Crippen LogP contribution is -2.58. The number of nitrogens with two attached hydrogens (primary N) is 1. The number of aliphatic hydroxyl groups is 1. The average Bonchev–Trinajstić information content (AvgIpc) is 2.69. The van der Waals surface area contributed by atoms with Gasteiger partial charge >= 0.3 is 0 Å². The van der Waals surface area contributed by atoms with E-state index in [1.807, 2.05) is 48.5 Å². The van der Waals surface area contributed by atoms with Crippen molar-refractivity contribution >= 4 is 5.91 Å². The van der Waals surface area contributed by atoms with Crippen molar-refractivity contribution in [1.82, 2.24) is 5.32 Å². The minimum Gasteiger partial charge on any atom is -0.391 e. The molecule has 4 N–H and O–H groups in total. The summed E-state index contributed by atoms with van der Waals surface area (Å²) in [4.78, 5) is 12.7. The van der Waals surface area contributed by atoms with Crippen LogP contribution in [0.1, 0.15) is 16.8 Å². The molecule has 1 fully saturated rings. The van der Waals surface area contributed by atoms with Crippen molar-refractivity contribution in [3.05, 3.63) is 60.2 Å². The summed E-state index contributed by atoms with van der Waals surface area (Å²) in [6.07, 6.45) is -1.47. The number of carbonyl (C=O) groups excluding carboxylic acids is 1. The monoisotopic (exact) mass is 356 g/mol. The van der Waals surface area contributed by atoms with Gasteiger partial charge in [-0.05, 0) is 23.3 Å². The molecule has 2 aromatic rings. The molecule has 0 aliphatic carbocycles. The predicted octanol–water partition coefficient (Wildman–Crippen LogP) is 1.53. The molecule has 3 rings (SSSR count). The van der Waals surface area contributed by atoms with Crippen LogP contribution in [0.4, 0.5) is 0 Å². The molecule has 1 heterocycles. The molecule has 0 aromatic heterocycles. The highest BCUT2D eigenvalue weighted by Crippen LogP contribution is 2.23. The zero-order chi connectivity index (χ0) is 18.5. The van der Waals surface area contributed by atoms with E-state index in [9.17, 15) is 9.90 Å². The molecule has 26 heavy (non-hydrogen) atoms. The summed E-state index contributed by atoms with van der Waals surface area (Å²) in [6, 6.07) is 16.5. The van der Waals surface area contributed by atoms with Gasteiger partial charge < -0.3 is 25.6 Å². The maximum absolute atomic E-state index is 12.7. The Morgan fingerprint density at radius 1 is 1.23 bits per heavy atom. The third-order valence-corrected chi connectivity index (χ3v) is 4.56. The zero-order valence-electron chi connectivity index (χ0n) is 14.7. The second kappa shape index (κ2) is 8.42. The standard InChI is InChI=1S/C20H24N2O4/c1-25-20-18(17(23)11-16(12-21)26-20)22-19(24)15-9-5-8-14(10-15)13-6-3-2-4-7-13/h2-10,16-18,20,23H,11-12,21H2,1H3,(H,22,24). The van der Waals surface area contributed by atoms with Crippen molar-refractivity contribution in [3.63, 3.8) is 0 Å². The van der Waals surface area contributed by atoms with E-state index in [0.29, 0.717) is 12.0 Å². The number of amides is 1. The highest BCUT2D eigenvalue weighted by atomic mass is 16.7. The van der Waals surface area contributed by atoms with Crippen LogP contribution in [0.15, 0.2) is 54.6 Å². The van der Waals surface area contributed by atoms with Crippen molar-refractivity contribution in [1.29, 1.82) is 0 Å². The summed E-state index contributed by atoms with van der Waals surface area (Å²) in [5.74, 6) is -0.288. The number of aliphatic hydroxyl groups excluding tert-OH is 1. The Kier molecular flexibility index (Phi) is 6.00. The van der Waals surface area contributed by atoms with Gasteiger partial charge in [0.05, 0.1) is 12.2 Å². The summed E-state index contributed by atoms with van der Waals surface area (Å²) in [6.45, 7) is 0.288. The molecule has 6 heteroatoms. The van der Waals surface area contributed by atoms with Crippen LogP contribution < -0.4 is 11.1 Å². The molecule has 138 valence electrons. The molecule has 1 saturated heterocycles. The van der Waals surface area contributed by atoms with Crippen molar-refractivity contribution in [3.8, 4) is 11.1 Å². The lowest BCUT2D eigenvalue weighted by Gasteiger charge is -2.38. The van der Waals surface area contributed by atoms with Gasteiger partial charge in [-0.2, -0.15) is 0 Å². The fourth-order valence-corrected chi connectivity index (χ4v) is 3.15. The van der Waals surface area contributed by atoms with Gasteiger partial charge in [-0.25, -0.2) is 0 Å². The van der Waals surface area contributed by atoms with Gasteiger partial charge in [-0.15, -0.1) is 0 Å². The smallest absolute Gasteiger partial charge is 0.251 e. The summed E-state index contributed by atoms with van der Waals surface area (Å²) in [5.41, 5.74) is 8.10. The summed E-state index contributed by atoms with van der Waals surface area (Å²) in [7, 11) is 1.48. The van der Waals surface area contributed by atoms with Gasteiger partial charge in [0.15, 0.2) is 6.29 Å². The van der Waals surface area contributed by atoms with Crippen molar-refractivity contribution in [2.75, 3.05) is 13.7 Å². The number of hydrogen-bond acceptors (Lipinski definition) is 5. The number of nitrogens with one attached hydrogen (secondary N) is 1. The largest absolute Gasteiger partial charge is 0.391 e. The summed E-state index contributed by atoms with van der Waals surface area (Å²) < 4.78 is 11.0. The number of ether oxygens (including phenoxy) is 2. The van der Waals surface area contributed by atoms with Crippen LogP contribution in [0.25, 0.3) is 11.1 Å². The fourth-order valence-electron chi connectivity index (χ4n) is 3.15. The lowest BCUT2D eigenvalue weighted by molar-refractivity contribution is -0.215. The first-order chi connectivity index (χ1) is 12.6. The van der Waals surface area contributed by atoms with Crippen molar-refractivity contribution < 1.29 is 19.4 Å². The molecule has 1 aliphatic heterocycles. The molecular formula is C20H24N2O4. The average molecular weight is 356 g/mol. The van der Waals surface area contributed by atoms with Crippen LogP contribution in [-0.4, -0.2) is 49.2 Å². The molecular weight excluding hydrogens is 332 g/mol. The molecule has 0 saturated carbocycles. The number of carbonyl (C=O) groups is 1. The van der Waals surface area contributed by atoms with Crippen LogP contribution in [0.5, 0.6) is 0 Å². The Hall–Kier alpha value is -2.25. The van der Waals surface area contributed by atoms with Crippen LogP contribution in [0.2, 0.25) is 0 Å². The quantitative estimate of drug-likeness (QED) is 0.755. The SMILES string of the molecule is COC1OC(CN)CC(O)C1NC(=O)c1cccc(-c2ccccc2)c1. The van der Waals surface area contributed by atoms with E-state index in [-0.39, 0.29) is 18.6 Å². The highest BCUT2D eigenvalue weighted by molar-refractivity contribution is 5.95. The first-order valence-electron chi connectivity index (χ1n) is 8.65. The number of hydrogen-bond donors (Lipinski definition) is 3. The normalized spacial score (nSPS) is 25.7. The van der Waals surface area contributed by atoms with Crippen LogP contribution in [0.3, 0.4) is 0 Å². The van der Waals surface area contributed by atoms with Crippen molar-refractivity contribution in [2.45, 2.75) is 31.0 Å². The lowest BCUT2D eigenvalue weighted by atomic mass is 9.99. The zero-order valence-corrected chi connectivity index (χ0v) is 14.7. The summed E-state index contributed by atoms with van der Waals surface area (Å²) >= 11 is 0. The van der Waals surface area contributed by atoms with E-state index in [1.54, 1.807) is 6.07 Å². The molecule has 0 spiro atoms. The van der Waals surface area contributed by atoms with E-state index in [1.165, 1.54) is 7.11 Å². The number of methoxy groups -OCH3 is 1. The van der Waals surface area contributed by atoms with E-state index in [0.717, 1.165) is 11.1 Å². The topological polar surface area (TPSA) is 93.8 Å². The second-order valence-corrected chi connectivity index (χ2v) is 6.35. The highest BCUT2D eigenvalue weighted by Gasteiger charge is 2.38. The van der Waals surface area contributed by atoms with Gasteiger partial charge in [0, 0.05) is 25.6 Å². The van der Waals surface area contributed by atoms with Gasteiger partial charge in [-0.1, -0.05) is 42.5 Å². The Morgan fingerprint density at radius 3 is 2.65 bits per heavy atom. The van der Waals surface area contributed by atoms with E-state index in [2.05, 4.69) is 5.32 Å². The minimum absolute atomic E-state index is 0.287. The van der Waals surface area contributed by atoms with Crippen LogP contribution in [0, 0.1) is 0 Å². The Balaban J connectivity index is 1.75. The Morgan fingerprint density at radius 2 is 1.96 bits per heavy atom. The Labute approximate surface area is 152 Å². The number of benzene rings is 2. The molecule has 1 amide bonds. The van der Waals surface area contributed by atoms with Gasteiger partial charge in [0.25, 0.3) is 5.91 Å². The molecule has 6 nitrogen and oxygen atoms in total. The van der Waals surface area contributed by atoms with Crippen LogP contribution in [-0.2, 0) is 9.47 Å². The molecule has 1 aliphatic rings. The molecule has 4 atom stereocenters. The molecule has 0 bridgehead atoms. The predicted molar refractivity (Wildman–Crippen MR) is 98.5 cm³/mol. The third kappa shape index (κ3) is 4.11. The van der Waals surface area contributed by atoms with Gasteiger partial charge in [-0.3, -0.25) is 4.79 Å². The van der Waals surface area contributed by atoms with Crippen LogP contribution >= 0.6 is 0 Å². The summed E-state index contributed by atoms with van der Waals surface area (Å²) in [5, 5.41) is 13.2. The third-order valence-electron chi connectivity index (χ3n) is 4.56. The molecule has 4 unspecified atom stereocenters. The first-order valence-corrected chi connectivity index (χ1v) is 8.65. The maximum atomic E-state index is 12.7. The fraction of sp³-hybridized carbons (Fsp3) is 0.350. The maximum Gasteiger partial charge on any atom is 0.251 e. The van der Waals surface area contributed by atoms with Gasteiger partial charge in [0.2, 0.25) is 0 Å². The second-order valence-electron chi connectivity index (χ2n) is 6.35. The van der Waals surface area contributed by atoms with Crippen molar-refractivity contribution in [2.24, 2.45) is 5.73 Å². The van der Waals surface area contributed by atoms with E-state index in [4.69, 9.17) is 15.2 Å². The molecule has 0 radical (unpaired) electrons. The Bertz CT molecular complexity index is 738. The molecule has 2 aromatic carbocycles. The first kappa shape index (κ1) is 18.5. The van der Waals surface area contributed by atoms with Gasteiger partial charge in [0.1, 0.15) is 6.04 Å². The van der Waals surface area contributed by atoms with E-state index < -0.39 is 18.4 Å². The number of rotatable bonds is 5. The minimum atomic E-state index is -0.788.